The van der Waals surface area contributed by atoms with Gasteiger partial charge in [0.25, 0.3) is 6.43 Å². The summed E-state index contributed by atoms with van der Waals surface area (Å²) in [6.07, 6.45) is -1.91. The Bertz CT molecular complexity index is 455. The standard InChI is InChI=1S/C12H14ClF2NO3/c1-3-19-10(17)4-7-8(5-13)9(11(14)15)6-16-12(7)18-2/h6,11H,3-5H2,1-2H3. The molecule has 7 heteroatoms. The number of ether oxygens (including phenoxy) is 2. The van der Waals surface area contributed by atoms with Crippen LogP contribution in [0.5, 0.6) is 5.88 Å². The Labute approximate surface area is 114 Å². The molecule has 1 aromatic rings. The predicted octanol–water partition coefficient (Wildman–Crippen LogP) is 2.87. The van der Waals surface area contributed by atoms with Crippen LogP contribution in [0.1, 0.15) is 30.0 Å². The molecular formula is C12H14ClF2NO3. The van der Waals surface area contributed by atoms with E-state index in [0.29, 0.717) is 0 Å². The number of alkyl halides is 3. The van der Waals surface area contributed by atoms with Gasteiger partial charge in [0, 0.05) is 23.2 Å². The molecule has 1 heterocycles. The van der Waals surface area contributed by atoms with Gasteiger partial charge in [0.15, 0.2) is 0 Å². The quantitative estimate of drug-likeness (QED) is 0.598. The van der Waals surface area contributed by atoms with Crippen molar-refractivity contribution in [3.05, 3.63) is 22.9 Å². The predicted molar refractivity (Wildman–Crippen MR) is 65.6 cm³/mol. The zero-order chi connectivity index (χ0) is 14.4. The van der Waals surface area contributed by atoms with Crippen molar-refractivity contribution >= 4 is 17.6 Å². The Balaban J connectivity index is 3.23. The third kappa shape index (κ3) is 3.76. The van der Waals surface area contributed by atoms with Crippen LogP contribution in [-0.2, 0) is 21.8 Å². The average Bonchev–Trinajstić information content (AvgIpc) is 2.38. The van der Waals surface area contributed by atoms with Crippen molar-refractivity contribution in [1.29, 1.82) is 0 Å². The molecular weight excluding hydrogens is 280 g/mol. The molecule has 0 fully saturated rings. The summed E-state index contributed by atoms with van der Waals surface area (Å²) in [6, 6.07) is 0. The first-order valence-electron chi connectivity index (χ1n) is 5.59. The molecule has 0 unspecified atom stereocenters. The minimum Gasteiger partial charge on any atom is -0.481 e. The zero-order valence-electron chi connectivity index (χ0n) is 10.6. The SMILES string of the molecule is CCOC(=O)Cc1c(OC)ncc(C(F)F)c1CCl. The minimum absolute atomic E-state index is 0.105. The van der Waals surface area contributed by atoms with E-state index in [1.54, 1.807) is 6.92 Å². The largest absolute Gasteiger partial charge is 0.481 e. The van der Waals surface area contributed by atoms with Crippen LogP contribution in [-0.4, -0.2) is 24.7 Å². The van der Waals surface area contributed by atoms with E-state index in [-0.39, 0.29) is 41.5 Å². The summed E-state index contributed by atoms with van der Waals surface area (Å²) in [5.41, 5.74) is 0.111. The van der Waals surface area contributed by atoms with Crippen LogP contribution in [0.2, 0.25) is 0 Å². The summed E-state index contributed by atoms with van der Waals surface area (Å²) in [7, 11) is 1.34. The van der Waals surface area contributed by atoms with Gasteiger partial charge in [0.2, 0.25) is 5.88 Å². The van der Waals surface area contributed by atoms with Gasteiger partial charge in [-0.15, -0.1) is 11.6 Å². The summed E-state index contributed by atoms with van der Waals surface area (Å²) in [4.78, 5) is 15.3. The molecule has 19 heavy (non-hydrogen) atoms. The molecule has 106 valence electrons. The van der Waals surface area contributed by atoms with E-state index < -0.39 is 12.4 Å². The van der Waals surface area contributed by atoms with Gasteiger partial charge in [-0.05, 0) is 12.5 Å². The molecule has 0 amide bonds. The molecule has 0 radical (unpaired) electrons. The summed E-state index contributed by atoms with van der Waals surface area (Å²) >= 11 is 5.70. The van der Waals surface area contributed by atoms with Gasteiger partial charge in [-0.25, -0.2) is 13.8 Å². The van der Waals surface area contributed by atoms with Crippen molar-refractivity contribution in [2.45, 2.75) is 25.7 Å². The van der Waals surface area contributed by atoms with Gasteiger partial charge in [-0.3, -0.25) is 4.79 Å². The molecule has 1 rings (SSSR count). The number of methoxy groups -OCH3 is 1. The number of hydrogen-bond donors (Lipinski definition) is 0. The van der Waals surface area contributed by atoms with Crippen molar-refractivity contribution < 1.29 is 23.0 Å². The van der Waals surface area contributed by atoms with E-state index in [2.05, 4.69) is 4.98 Å². The molecule has 1 aromatic heterocycles. The lowest BCUT2D eigenvalue weighted by Gasteiger charge is -2.14. The molecule has 0 aromatic carbocycles. The van der Waals surface area contributed by atoms with E-state index in [1.807, 2.05) is 0 Å². The van der Waals surface area contributed by atoms with Gasteiger partial charge in [0.05, 0.1) is 20.1 Å². The highest BCUT2D eigenvalue weighted by Gasteiger charge is 2.22. The molecule has 4 nitrogen and oxygen atoms in total. The number of carbonyl (C=O) groups excluding carboxylic acids is 1. The molecule has 0 spiro atoms. The fourth-order valence-electron chi connectivity index (χ4n) is 1.65. The second-order valence-electron chi connectivity index (χ2n) is 3.60. The normalized spacial score (nSPS) is 10.6. The number of pyridine rings is 1. The third-order valence-corrected chi connectivity index (χ3v) is 2.75. The third-order valence-electron chi connectivity index (χ3n) is 2.48. The first-order chi connectivity index (χ1) is 9.04. The van der Waals surface area contributed by atoms with Crippen LogP contribution in [0.15, 0.2) is 6.20 Å². The van der Waals surface area contributed by atoms with Crippen LogP contribution in [0, 0.1) is 0 Å². The van der Waals surface area contributed by atoms with Gasteiger partial charge < -0.3 is 9.47 Å². The van der Waals surface area contributed by atoms with Crippen LogP contribution >= 0.6 is 11.6 Å². The monoisotopic (exact) mass is 293 g/mol. The zero-order valence-corrected chi connectivity index (χ0v) is 11.3. The molecule has 0 aliphatic heterocycles. The minimum atomic E-state index is -2.71. The van der Waals surface area contributed by atoms with Crippen molar-refractivity contribution in [1.82, 2.24) is 4.98 Å². The molecule has 0 atom stereocenters. The van der Waals surface area contributed by atoms with E-state index >= 15 is 0 Å². The molecule has 0 saturated carbocycles. The first-order valence-corrected chi connectivity index (χ1v) is 6.12. The summed E-state index contributed by atoms with van der Waals surface area (Å²) in [5.74, 6) is -0.596. The summed E-state index contributed by atoms with van der Waals surface area (Å²) in [5, 5.41) is 0. The van der Waals surface area contributed by atoms with Crippen LogP contribution in [0.25, 0.3) is 0 Å². The van der Waals surface area contributed by atoms with E-state index in [4.69, 9.17) is 21.1 Å². The highest BCUT2D eigenvalue weighted by molar-refractivity contribution is 6.17. The fraction of sp³-hybridized carbons (Fsp3) is 0.500. The van der Waals surface area contributed by atoms with Gasteiger partial charge in [-0.2, -0.15) is 0 Å². The second kappa shape index (κ2) is 7.23. The number of halogens is 3. The summed E-state index contributed by atoms with van der Waals surface area (Å²) < 4.78 is 35.5. The van der Waals surface area contributed by atoms with Gasteiger partial charge in [-0.1, -0.05) is 0 Å². The van der Waals surface area contributed by atoms with Gasteiger partial charge >= 0.3 is 5.97 Å². The molecule has 0 aliphatic carbocycles. The Hall–Kier alpha value is -1.43. The maximum atomic E-state index is 12.9. The first kappa shape index (κ1) is 15.6. The molecule has 0 bridgehead atoms. The van der Waals surface area contributed by atoms with Crippen LogP contribution in [0.4, 0.5) is 8.78 Å². The van der Waals surface area contributed by atoms with E-state index in [9.17, 15) is 13.6 Å². The number of aromatic nitrogens is 1. The molecule has 0 aliphatic rings. The van der Waals surface area contributed by atoms with E-state index in [0.717, 1.165) is 6.20 Å². The Morgan fingerprint density at radius 3 is 2.63 bits per heavy atom. The highest BCUT2D eigenvalue weighted by atomic mass is 35.5. The number of rotatable bonds is 6. The number of carbonyl (C=O) groups is 1. The van der Waals surface area contributed by atoms with Gasteiger partial charge in [0.1, 0.15) is 0 Å². The van der Waals surface area contributed by atoms with Crippen LogP contribution in [0.3, 0.4) is 0 Å². The van der Waals surface area contributed by atoms with Crippen molar-refractivity contribution in [2.24, 2.45) is 0 Å². The second-order valence-corrected chi connectivity index (χ2v) is 3.86. The molecule has 0 N–H and O–H groups in total. The number of hydrogen-bond acceptors (Lipinski definition) is 4. The maximum Gasteiger partial charge on any atom is 0.310 e. The summed E-state index contributed by atoms with van der Waals surface area (Å²) in [6.45, 7) is 1.87. The Morgan fingerprint density at radius 2 is 2.16 bits per heavy atom. The Morgan fingerprint density at radius 1 is 1.47 bits per heavy atom. The van der Waals surface area contributed by atoms with Crippen molar-refractivity contribution in [3.8, 4) is 5.88 Å². The smallest absolute Gasteiger partial charge is 0.310 e. The lowest BCUT2D eigenvalue weighted by molar-refractivity contribution is -0.142. The van der Waals surface area contributed by atoms with Crippen LogP contribution < -0.4 is 4.74 Å². The van der Waals surface area contributed by atoms with E-state index in [1.165, 1.54) is 7.11 Å². The van der Waals surface area contributed by atoms with Crippen molar-refractivity contribution in [2.75, 3.05) is 13.7 Å². The fourth-order valence-corrected chi connectivity index (χ4v) is 1.96. The highest BCUT2D eigenvalue weighted by Crippen LogP contribution is 2.31. The van der Waals surface area contributed by atoms with Crippen molar-refractivity contribution in [3.63, 3.8) is 0 Å². The number of esters is 1. The lowest BCUT2D eigenvalue weighted by Crippen LogP contribution is -2.12. The Kier molecular flexibility index (Phi) is 5.95. The number of nitrogens with zero attached hydrogens (tertiary/aromatic N) is 1. The molecule has 0 saturated heterocycles. The topological polar surface area (TPSA) is 48.4 Å². The lowest BCUT2D eigenvalue weighted by atomic mass is 10.0. The maximum absolute atomic E-state index is 12.9. The average molecular weight is 294 g/mol.